The third kappa shape index (κ3) is 5.75. The van der Waals surface area contributed by atoms with Gasteiger partial charge in [-0.1, -0.05) is 0 Å². The van der Waals surface area contributed by atoms with Crippen LogP contribution in [0.2, 0.25) is 0 Å². The number of hydrogen-bond donors (Lipinski definition) is 3. The molecule has 0 spiro atoms. The molecule has 1 saturated heterocycles. The molecule has 0 aliphatic carbocycles. The number of phenolic OH excluding ortho intramolecular Hbond substituents is 2. The lowest BCUT2D eigenvalue weighted by atomic mass is 10.1. The molecule has 0 saturated carbocycles. The molecule has 33 heavy (non-hydrogen) atoms. The number of nitrogens with zero attached hydrogens (tertiary/aromatic N) is 3. The first-order chi connectivity index (χ1) is 16.0. The number of anilines is 1. The zero-order valence-corrected chi connectivity index (χ0v) is 18.5. The van der Waals surface area contributed by atoms with Crippen LogP contribution in [-0.4, -0.2) is 63.6 Å². The summed E-state index contributed by atoms with van der Waals surface area (Å²) in [5.41, 5.74) is 2.30. The average Bonchev–Trinajstić information content (AvgIpc) is 3.47. The van der Waals surface area contributed by atoms with Crippen LogP contribution in [-0.2, 0) is 11.8 Å². The molecule has 1 amide bonds. The summed E-state index contributed by atoms with van der Waals surface area (Å²) in [6, 6.07) is 11.4. The predicted octanol–water partition coefficient (Wildman–Crippen LogP) is 2.99. The Morgan fingerprint density at radius 2 is 1.88 bits per heavy atom. The van der Waals surface area contributed by atoms with Crippen LogP contribution in [0, 0.1) is 0 Å². The van der Waals surface area contributed by atoms with Gasteiger partial charge in [0.1, 0.15) is 18.1 Å². The van der Waals surface area contributed by atoms with Gasteiger partial charge >= 0.3 is 0 Å². The van der Waals surface area contributed by atoms with Gasteiger partial charge in [-0.05, 0) is 62.3 Å². The molecule has 9 heteroatoms. The van der Waals surface area contributed by atoms with Crippen molar-refractivity contribution in [2.24, 2.45) is 7.05 Å². The SMILES string of the molecule is Cn1nccc1-c1cc(NC(=O)COc2ccc(O)c(O)c2)ccc1OCCN1CCCC1. The molecule has 9 nitrogen and oxygen atoms in total. The van der Waals surface area contributed by atoms with E-state index < -0.39 is 0 Å². The van der Waals surface area contributed by atoms with Crippen molar-refractivity contribution < 1.29 is 24.5 Å². The van der Waals surface area contributed by atoms with Crippen molar-refractivity contribution in [2.75, 3.05) is 38.2 Å². The molecular weight excluding hydrogens is 424 g/mol. The minimum Gasteiger partial charge on any atom is -0.504 e. The largest absolute Gasteiger partial charge is 0.504 e. The Morgan fingerprint density at radius 1 is 1.06 bits per heavy atom. The third-order valence-corrected chi connectivity index (χ3v) is 5.54. The molecule has 0 radical (unpaired) electrons. The Balaban J connectivity index is 1.42. The summed E-state index contributed by atoms with van der Waals surface area (Å²) in [6.45, 7) is 3.46. The number of nitrogens with one attached hydrogen (secondary N) is 1. The fraction of sp³-hybridized carbons (Fsp3) is 0.333. The maximum absolute atomic E-state index is 12.4. The van der Waals surface area contributed by atoms with Crippen LogP contribution in [0.4, 0.5) is 5.69 Å². The molecule has 3 aromatic rings. The number of aryl methyl sites for hydroxylation is 1. The van der Waals surface area contributed by atoms with Gasteiger partial charge in [0, 0.05) is 37.1 Å². The van der Waals surface area contributed by atoms with Crippen LogP contribution < -0.4 is 14.8 Å². The summed E-state index contributed by atoms with van der Waals surface area (Å²) in [6.07, 6.45) is 4.20. The smallest absolute Gasteiger partial charge is 0.262 e. The second-order valence-electron chi connectivity index (χ2n) is 7.94. The van der Waals surface area contributed by atoms with E-state index >= 15 is 0 Å². The molecule has 1 aliphatic heterocycles. The quantitative estimate of drug-likeness (QED) is 0.428. The number of carbonyl (C=O) groups excluding carboxylic acids is 1. The highest BCUT2D eigenvalue weighted by molar-refractivity contribution is 5.93. The molecule has 3 N–H and O–H groups in total. The van der Waals surface area contributed by atoms with E-state index in [0.717, 1.165) is 36.6 Å². The number of carbonyl (C=O) groups is 1. The van der Waals surface area contributed by atoms with Crippen LogP contribution in [0.25, 0.3) is 11.3 Å². The highest BCUT2D eigenvalue weighted by atomic mass is 16.5. The van der Waals surface area contributed by atoms with Gasteiger partial charge in [-0.15, -0.1) is 0 Å². The van der Waals surface area contributed by atoms with E-state index in [1.807, 2.05) is 25.2 Å². The molecule has 0 unspecified atom stereocenters. The predicted molar refractivity (Wildman–Crippen MR) is 124 cm³/mol. The summed E-state index contributed by atoms with van der Waals surface area (Å²) < 4.78 is 13.3. The van der Waals surface area contributed by atoms with Crippen molar-refractivity contribution in [3.63, 3.8) is 0 Å². The van der Waals surface area contributed by atoms with Crippen molar-refractivity contribution in [1.29, 1.82) is 0 Å². The van der Waals surface area contributed by atoms with Crippen molar-refractivity contribution >= 4 is 11.6 Å². The molecule has 2 aromatic carbocycles. The Kier molecular flexibility index (Phi) is 6.99. The Labute approximate surface area is 192 Å². The van der Waals surface area contributed by atoms with Gasteiger partial charge in [0.2, 0.25) is 0 Å². The van der Waals surface area contributed by atoms with E-state index in [9.17, 15) is 15.0 Å². The first-order valence-electron chi connectivity index (χ1n) is 10.9. The number of amides is 1. The van der Waals surface area contributed by atoms with Crippen LogP contribution in [0.5, 0.6) is 23.0 Å². The number of ether oxygens (including phenoxy) is 2. The van der Waals surface area contributed by atoms with Crippen LogP contribution >= 0.6 is 0 Å². The lowest BCUT2D eigenvalue weighted by Gasteiger charge is -2.17. The zero-order chi connectivity index (χ0) is 23.2. The molecule has 0 atom stereocenters. The molecule has 4 rings (SSSR count). The summed E-state index contributed by atoms with van der Waals surface area (Å²) in [4.78, 5) is 14.8. The van der Waals surface area contributed by atoms with Gasteiger partial charge in [-0.25, -0.2) is 0 Å². The molecule has 1 aliphatic rings. The van der Waals surface area contributed by atoms with E-state index in [0.29, 0.717) is 12.3 Å². The van der Waals surface area contributed by atoms with E-state index in [1.165, 1.54) is 31.0 Å². The summed E-state index contributed by atoms with van der Waals surface area (Å²) in [5.74, 6) is 0.0805. The van der Waals surface area contributed by atoms with Crippen LogP contribution in [0.3, 0.4) is 0 Å². The van der Waals surface area contributed by atoms with Crippen LogP contribution in [0.15, 0.2) is 48.7 Å². The van der Waals surface area contributed by atoms with Gasteiger partial charge in [0.15, 0.2) is 18.1 Å². The van der Waals surface area contributed by atoms with E-state index in [2.05, 4.69) is 15.3 Å². The molecule has 0 bridgehead atoms. The number of aromatic hydroxyl groups is 2. The fourth-order valence-corrected chi connectivity index (χ4v) is 3.80. The first kappa shape index (κ1) is 22.5. The third-order valence-electron chi connectivity index (χ3n) is 5.54. The highest BCUT2D eigenvalue weighted by Crippen LogP contribution is 2.33. The van der Waals surface area contributed by atoms with Gasteiger partial charge in [-0.2, -0.15) is 5.10 Å². The first-order valence-corrected chi connectivity index (χ1v) is 10.9. The molecule has 174 valence electrons. The molecule has 2 heterocycles. The molecule has 1 fully saturated rings. The second kappa shape index (κ2) is 10.3. The van der Waals surface area contributed by atoms with E-state index in [-0.39, 0.29) is 29.8 Å². The Bertz CT molecular complexity index is 1110. The van der Waals surface area contributed by atoms with Crippen molar-refractivity contribution in [1.82, 2.24) is 14.7 Å². The zero-order valence-electron chi connectivity index (χ0n) is 18.5. The van der Waals surface area contributed by atoms with E-state index in [1.54, 1.807) is 16.9 Å². The Hall–Kier alpha value is -3.72. The standard InChI is InChI=1S/C24H28N4O5/c1-27-20(8-9-25-27)19-14-17(4-7-23(19)32-13-12-28-10-2-3-11-28)26-24(31)16-33-18-5-6-21(29)22(30)15-18/h4-9,14-15,29-30H,2-3,10-13,16H2,1H3,(H,26,31). The maximum atomic E-state index is 12.4. The summed E-state index contributed by atoms with van der Waals surface area (Å²) >= 11 is 0. The van der Waals surface area contributed by atoms with Gasteiger partial charge in [0.25, 0.3) is 5.91 Å². The second-order valence-corrected chi connectivity index (χ2v) is 7.94. The van der Waals surface area contributed by atoms with Gasteiger partial charge in [-0.3, -0.25) is 14.4 Å². The van der Waals surface area contributed by atoms with Crippen molar-refractivity contribution in [2.45, 2.75) is 12.8 Å². The average molecular weight is 453 g/mol. The minimum absolute atomic E-state index is 0.251. The fourth-order valence-electron chi connectivity index (χ4n) is 3.80. The van der Waals surface area contributed by atoms with Gasteiger partial charge < -0.3 is 25.0 Å². The number of benzene rings is 2. The topological polar surface area (TPSA) is 109 Å². The number of likely N-dealkylation sites (tertiary alicyclic amines) is 1. The van der Waals surface area contributed by atoms with Gasteiger partial charge in [0.05, 0.1) is 5.69 Å². The normalized spacial score (nSPS) is 13.7. The number of aromatic nitrogens is 2. The number of hydrogen-bond acceptors (Lipinski definition) is 7. The highest BCUT2D eigenvalue weighted by Gasteiger charge is 2.15. The number of rotatable bonds is 9. The maximum Gasteiger partial charge on any atom is 0.262 e. The minimum atomic E-state index is -0.360. The summed E-state index contributed by atoms with van der Waals surface area (Å²) in [5, 5.41) is 26.0. The molecular formula is C24H28N4O5. The monoisotopic (exact) mass is 452 g/mol. The Morgan fingerprint density at radius 3 is 2.61 bits per heavy atom. The van der Waals surface area contributed by atoms with E-state index in [4.69, 9.17) is 9.47 Å². The lowest BCUT2D eigenvalue weighted by molar-refractivity contribution is -0.118. The van der Waals surface area contributed by atoms with Crippen molar-refractivity contribution in [3.8, 4) is 34.3 Å². The number of phenols is 2. The van der Waals surface area contributed by atoms with Crippen LogP contribution in [0.1, 0.15) is 12.8 Å². The summed E-state index contributed by atoms with van der Waals surface area (Å²) in [7, 11) is 1.86. The van der Waals surface area contributed by atoms with Crippen molar-refractivity contribution in [3.05, 3.63) is 48.7 Å². The lowest BCUT2D eigenvalue weighted by Crippen LogP contribution is -2.25. The molecule has 1 aromatic heterocycles.